The van der Waals surface area contributed by atoms with Crippen molar-refractivity contribution in [3.8, 4) is 0 Å². The number of fused-ring (bicyclic) bond motifs is 2. The highest BCUT2D eigenvalue weighted by atomic mass is 15.1. The molecule has 0 spiro atoms. The third-order valence-electron chi connectivity index (χ3n) is 6.43. The lowest BCUT2D eigenvalue weighted by Crippen LogP contribution is -2.38. The molecule has 2 bridgehead atoms. The first-order valence-corrected chi connectivity index (χ1v) is 8.73. The lowest BCUT2D eigenvalue weighted by atomic mass is 9.78. The summed E-state index contributed by atoms with van der Waals surface area (Å²) in [6, 6.07) is 0. The molecule has 112 valence electrons. The van der Waals surface area contributed by atoms with Crippen LogP contribution in [-0.4, -0.2) is 18.0 Å². The van der Waals surface area contributed by atoms with E-state index in [9.17, 15) is 0 Å². The van der Waals surface area contributed by atoms with Crippen molar-refractivity contribution in [1.29, 1.82) is 0 Å². The van der Waals surface area contributed by atoms with Gasteiger partial charge in [-0.15, -0.1) is 0 Å². The second-order valence-electron chi connectivity index (χ2n) is 7.81. The highest BCUT2D eigenvalue weighted by molar-refractivity contribution is 5.29. The second-order valence-corrected chi connectivity index (χ2v) is 7.81. The van der Waals surface area contributed by atoms with Crippen LogP contribution in [0.3, 0.4) is 0 Å². The zero-order valence-electron chi connectivity index (χ0n) is 13.5. The summed E-state index contributed by atoms with van der Waals surface area (Å²) in [6.45, 7) is 11.7. The largest absolute Gasteiger partial charge is 0.372 e. The molecule has 0 amide bonds. The van der Waals surface area contributed by atoms with Gasteiger partial charge in [0.2, 0.25) is 0 Å². The van der Waals surface area contributed by atoms with E-state index >= 15 is 0 Å². The van der Waals surface area contributed by atoms with Crippen LogP contribution in [-0.2, 0) is 0 Å². The van der Waals surface area contributed by atoms with Gasteiger partial charge in [0.05, 0.1) is 0 Å². The molecule has 1 aliphatic heterocycles. The molecule has 3 aliphatic rings. The van der Waals surface area contributed by atoms with Gasteiger partial charge in [0.1, 0.15) is 0 Å². The van der Waals surface area contributed by atoms with Gasteiger partial charge in [-0.25, -0.2) is 0 Å². The van der Waals surface area contributed by atoms with Crippen LogP contribution in [0.15, 0.2) is 23.9 Å². The third kappa shape index (κ3) is 2.82. The molecule has 2 aliphatic carbocycles. The molecule has 0 aromatic heterocycles. The van der Waals surface area contributed by atoms with E-state index in [2.05, 4.69) is 31.4 Å². The van der Waals surface area contributed by atoms with Crippen LogP contribution in [0.5, 0.6) is 0 Å². The molecule has 0 aromatic carbocycles. The fourth-order valence-electron chi connectivity index (χ4n) is 4.39. The first kappa shape index (κ1) is 14.2. The van der Waals surface area contributed by atoms with Crippen LogP contribution in [0.2, 0.25) is 0 Å². The Morgan fingerprint density at radius 1 is 1.30 bits per heavy atom. The molecule has 1 saturated heterocycles. The predicted octanol–water partition coefficient (Wildman–Crippen LogP) is 5.15. The maximum atomic E-state index is 4.46. The summed E-state index contributed by atoms with van der Waals surface area (Å²) in [5, 5.41) is 0. The molecule has 20 heavy (non-hydrogen) atoms. The molecule has 2 atom stereocenters. The monoisotopic (exact) mass is 273 g/mol. The Bertz CT molecular complexity index is 398. The van der Waals surface area contributed by atoms with Crippen LogP contribution in [0.1, 0.15) is 65.2 Å². The fourth-order valence-corrected chi connectivity index (χ4v) is 4.39. The van der Waals surface area contributed by atoms with E-state index in [1.54, 1.807) is 5.57 Å². The van der Waals surface area contributed by atoms with Crippen molar-refractivity contribution in [2.45, 2.75) is 65.2 Å². The Morgan fingerprint density at radius 3 is 2.70 bits per heavy atom. The van der Waals surface area contributed by atoms with Crippen LogP contribution in [0.25, 0.3) is 0 Å². The van der Waals surface area contributed by atoms with Gasteiger partial charge in [0.15, 0.2) is 0 Å². The molecule has 3 rings (SSSR count). The molecule has 1 nitrogen and oxygen atoms in total. The van der Waals surface area contributed by atoms with Crippen molar-refractivity contribution in [2.24, 2.45) is 17.3 Å². The quantitative estimate of drug-likeness (QED) is 0.687. The summed E-state index contributed by atoms with van der Waals surface area (Å²) in [7, 11) is 0. The number of hydrogen-bond acceptors (Lipinski definition) is 1. The minimum Gasteiger partial charge on any atom is -0.372 e. The van der Waals surface area contributed by atoms with Crippen LogP contribution < -0.4 is 0 Å². The molecule has 1 heterocycles. The van der Waals surface area contributed by atoms with E-state index in [0.29, 0.717) is 5.41 Å². The minimum atomic E-state index is 0.577. The van der Waals surface area contributed by atoms with E-state index in [1.807, 2.05) is 0 Å². The Morgan fingerprint density at radius 2 is 2.00 bits per heavy atom. The first-order chi connectivity index (χ1) is 9.59. The Hall–Kier alpha value is -0.720. The predicted molar refractivity (Wildman–Crippen MR) is 86.5 cm³/mol. The van der Waals surface area contributed by atoms with Gasteiger partial charge in [-0.3, -0.25) is 0 Å². The molecule has 2 fully saturated rings. The Balaban J connectivity index is 1.62. The van der Waals surface area contributed by atoms with Crippen molar-refractivity contribution in [3.63, 3.8) is 0 Å². The van der Waals surface area contributed by atoms with Gasteiger partial charge in [-0.1, -0.05) is 32.9 Å². The van der Waals surface area contributed by atoms with Crippen LogP contribution >= 0.6 is 0 Å². The lowest BCUT2D eigenvalue weighted by Gasteiger charge is -2.41. The average molecular weight is 273 g/mol. The van der Waals surface area contributed by atoms with Crippen molar-refractivity contribution in [1.82, 2.24) is 4.90 Å². The van der Waals surface area contributed by atoms with Gasteiger partial charge in [0, 0.05) is 18.8 Å². The molecule has 0 aromatic rings. The maximum Gasteiger partial charge on any atom is 0.0322 e. The fraction of sp³-hybridized carbons (Fsp3) is 0.789. The van der Waals surface area contributed by atoms with E-state index in [-0.39, 0.29) is 0 Å². The lowest BCUT2D eigenvalue weighted by molar-refractivity contribution is 0.141. The SMILES string of the molecule is C=C(C1=CCC2CCC(C1)C2)N1CCC(C)(CC)CC1. The first-order valence-electron chi connectivity index (χ1n) is 8.73. The standard InChI is InChI=1S/C19H31N/c1-4-19(3)9-11-20(12-10-19)15(2)18-8-7-16-5-6-17(13-16)14-18/h8,16-17H,2,4-7,9-14H2,1,3H3. The van der Waals surface area contributed by atoms with Gasteiger partial charge >= 0.3 is 0 Å². The van der Waals surface area contributed by atoms with E-state index in [4.69, 9.17) is 0 Å². The smallest absolute Gasteiger partial charge is 0.0322 e. The van der Waals surface area contributed by atoms with E-state index in [1.165, 1.54) is 70.2 Å². The molecule has 1 heteroatoms. The van der Waals surface area contributed by atoms with Gasteiger partial charge < -0.3 is 4.90 Å². The van der Waals surface area contributed by atoms with E-state index < -0.39 is 0 Å². The average Bonchev–Trinajstić information content (AvgIpc) is 2.78. The maximum absolute atomic E-state index is 4.46. The zero-order chi connectivity index (χ0) is 14.2. The van der Waals surface area contributed by atoms with E-state index in [0.717, 1.165) is 11.8 Å². The Kier molecular flexibility index (Phi) is 3.97. The summed E-state index contributed by atoms with van der Waals surface area (Å²) in [4.78, 5) is 2.57. The molecule has 2 unspecified atom stereocenters. The number of hydrogen-bond donors (Lipinski definition) is 0. The van der Waals surface area contributed by atoms with Gasteiger partial charge in [-0.05, 0) is 67.8 Å². The van der Waals surface area contributed by atoms with Crippen molar-refractivity contribution in [3.05, 3.63) is 23.9 Å². The molecular formula is C19H31N. The second kappa shape index (κ2) is 5.58. The number of nitrogens with zero attached hydrogens (tertiary/aromatic N) is 1. The Labute approximate surface area is 125 Å². The highest BCUT2D eigenvalue weighted by Crippen LogP contribution is 2.42. The molecule has 0 N–H and O–H groups in total. The number of allylic oxidation sites excluding steroid dienone is 2. The van der Waals surface area contributed by atoms with Gasteiger partial charge in [0.25, 0.3) is 0 Å². The summed E-state index contributed by atoms with van der Waals surface area (Å²) >= 11 is 0. The van der Waals surface area contributed by atoms with Crippen molar-refractivity contribution >= 4 is 0 Å². The molecular weight excluding hydrogens is 242 g/mol. The van der Waals surface area contributed by atoms with Gasteiger partial charge in [-0.2, -0.15) is 0 Å². The summed E-state index contributed by atoms with van der Waals surface area (Å²) in [6.07, 6.45) is 13.5. The number of likely N-dealkylation sites (tertiary alicyclic amines) is 1. The normalized spacial score (nSPS) is 32.7. The number of piperidine rings is 1. The summed E-state index contributed by atoms with van der Waals surface area (Å²) < 4.78 is 0. The molecule has 1 saturated carbocycles. The van der Waals surface area contributed by atoms with Crippen molar-refractivity contribution in [2.75, 3.05) is 13.1 Å². The third-order valence-corrected chi connectivity index (χ3v) is 6.43. The summed E-state index contributed by atoms with van der Waals surface area (Å²) in [5.74, 6) is 1.94. The molecule has 0 radical (unpaired) electrons. The minimum absolute atomic E-state index is 0.577. The zero-order valence-corrected chi connectivity index (χ0v) is 13.5. The van der Waals surface area contributed by atoms with Crippen LogP contribution in [0, 0.1) is 17.3 Å². The summed E-state index contributed by atoms with van der Waals surface area (Å²) in [5.41, 5.74) is 3.52. The number of rotatable bonds is 3. The topological polar surface area (TPSA) is 3.24 Å². The van der Waals surface area contributed by atoms with Crippen LogP contribution in [0.4, 0.5) is 0 Å². The van der Waals surface area contributed by atoms with Crippen molar-refractivity contribution < 1.29 is 0 Å². The highest BCUT2D eigenvalue weighted by Gasteiger charge is 2.32.